The number of hydrogen-bond donors (Lipinski definition) is 0. The molecule has 2 aliphatic rings. The second-order valence-electron chi connectivity index (χ2n) is 5.74. The van der Waals surface area contributed by atoms with E-state index in [1.54, 1.807) is 0 Å². The average molecular weight is 281 g/mol. The minimum atomic E-state index is 0.586. The van der Waals surface area contributed by atoms with Gasteiger partial charge in [0.25, 0.3) is 0 Å². The average Bonchev–Trinajstić information content (AvgIpc) is 3.19. The van der Waals surface area contributed by atoms with Gasteiger partial charge in [0, 0.05) is 38.3 Å². The lowest BCUT2D eigenvalue weighted by Crippen LogP contribution is -2.47. The highest BCUT2D eigenvalue weighted by atomic mass is 35.5. The maximum atomic E-state index is 6.16. The summed E-state index contributed by atoms with van der Waals surface area (Å²) in [4.78, 5) is 13.7. The van der Waals surface area contributed by atoms with Gasteiger partial charge in [0.05, 0.1) is 0 Å². The first kappa shape index (κ1) is 13.1. The van der Waals surface area contributed by atoms with Crippen LogP contribution >= 0.6 is 11.6 Å². The molecule has 0 spiro atoms. The van der Waals surface area contributed by atoms with Gasteiger partial charge >= 0.3 is 0 Å². The molecule has 0 aromatic carbocycles. The molecule has 2 fully saturated rings. The topological polar surface area (TPSA) is 32.3 Å². The number of hydrogen-bond acceptors (Lipinski definition) is 4. The molecule has 0 unspecified atom stereocenters. The Morgan fingerprint density at radius 3 is 2.42 bits per heavy atom. The fourth-order valence-corrected chi connectivity index (χ4v) is 2.90. The van der Waals surface area contributed by atoms with Gasteiger partial charge in [0.15, 0.2) is 0 Å². The number of nitrogens with zero attached hydrogens (tertiary/aromatic N) is 4. The van der Waals surface area contributed by atoms with Crippen LogP contribution in [0.4, 0.5) is 5.82 Å². The van der Waals surface area contributed by atoms with Crippen molar-refractivity contribution in [2.75, 3.05) is 37.6 Å². The highest BCUT2D eigenvalue weighted by Crippen LogP contribution is 2.30. The molecule has 1 aliphatic carbocycles. The maximum absolute atomic E-state index is 6.16. The van der Waals surface area contributed by atoms with Gasteiger partial charge < -0.3 is 4.90 Å². The van der Waals surface area contributed by atoms with E-state index in [1.807, 2.05) is 13.8 Å². The maximum Gasteiger partial charge on any atom is 0.137 e. The molecule has 0 N–H and O–H groups in total. The predicted molar refractivity (Wildman–Crippen MR) is 77.9 cm³/mol. The molecule has 0 bridgehead atoms. The number of aromatic nitrogens is 2. The molecule has 5 heteroatoms. The SMILES string of the molecule is Cc1nc(Cl)c(C)c(N2CCN(CC3CC3)CC2)n1. The van der Waals surface area contributed by atoms with Crippen molar-refractivity contribution in [3.8, 4) is 0 Å². The molecule has 0 amide bonds. The minimum Gasteiger partial charge on any atom is -0.354 e. The van der Waals surface area contributed by atoms with E-state index >= 15 is 0 Å². The smallest absolute Gasteiger partial charge is 0.137 e. The summed E-state index contributed by atoms with van der Waals surface area (Å²) >= 11 is 6.16. The van der Waals surface area contributed by atoms with E-state index in [4.69, 9.17) is 11.6 Å². The molecule has 1 saturated heterocycles. The van der Waals surface area contributed by atoms with Crippen LogP contribution in [0.25, 0.3) is 0 Å². The summed E-state index contributed by atoms with van der Waals surface area (Å²) < 4.78 is 0. The molecule has 0 radical (unpaired) electrons. The normalized spacial score (nSPS) is 20.9. The second-order valence-corrected chi connectivity index (χ2v) is 6.10. The first-order valence-corrected chi connectivity index (χ1v) is 7.49. The summed E-state index contributed by atoms with van der Waals surface area (Å²) in [6.07, 6.45) is 2.86. The summed E-state index contributed by atoms with van der Waals surface area (Å²) in [5.41, 5.74) is 1.00. The van der Waals surface area contributed by atoms with Crippen molar-refractivity contribution in [3.05, 3.63) is 16.5 Å². The number of aryl methyl sites for hydroxylation is 1. The molecule has 1 saturated carbocycles. The number of halogens is 1. The Hall–Kier alpha value is -0.870. The highest BCUT2D eigenvalue weighted by molar-refractivity contribution is 6.30. The molecule has 4 nitrogen and oxygen atoms in total. The third-order valence-corrected chi connectivity index (χ3v) is 4.43. The monoisotopic (exact) mass is 280 g/mol. The zero-order valence-corrected chi connectivity index (χ0v) is 12.4. The summed E-state index contributed by atoms with van der Waals surface area (Å²) in [5, 5.41) is 0.586. The zero-order valence-electron chi connectivity index (χ0n) is 11.7. The lowest BCUT2D eigenvalue weighted by Gasteiger charge is -2.36. The quantitative estimate of drug-likeness (QED) is 0.795. The van der Waals surface area contributed by atoms with Crippen LogP contribution in [0.15, 0.2) is 0 Å². The van der Waals surface area contributed by atoms with Gasteiger partial charge in [-0.3, -0.25) is 4.90 Å². The summed E-state index contributed by atoms with van der Waals surface area (Å²) in [7, 11) is 0. The van der Waals surface area contributed by atoms with E-state index < -0.39 is 0 Å². The van der Waals surface area contributed by atoms with Crippen molar-refractivity contribution in [3.63, 3.8) is 0 Å². The largest absolute Gasteiger partial charge is 0.354 e. The summed E-state index contributed by atoms with van der Waals surface area (Å²) in [5.74, 6) is 2.75. The van der Waals surface area contributed by atoms with Crippen LogP contribution in [0.1, 0.15) is 24.2 Å². The van der Waals surface area contributed by atoms with Crippen molar-refractivity contribution >= 4 is 17.4 Å². The first-order valence-electron chi connectivity index (χ1n) is 7.11. The molecule has 2 heterocycles. The van der Waals surface area contributed by atoms with Crippen LogP contribution in [-0.2, 0) is 0 Å². The van der Waals surface area contributed by atoms with Crippen LogP contribution in [0.2, 0.25) is 5.15 Å². The van der Waals surface area contributed by atoms with E-state index in [2.05, 4.69) is 19.8 Å². The Bertz CT molecular complexity index is 465. The predicted octanol–water partition coefficient (Wildman–Crippen LogP) is 2.28. The fraction of sp³-hybridized carbons (Fsp3) is 0.714. The second kappa shape index (κ2) is 5.25. The Morgan fingerprint density at radius 1 is 1.11 bits per heavy atom. The molecular formula is C14H21ClN4. The van der Waals surface area contributed by atoms with Crippen molar-refractivity contribution in [1.82, 2.24) is 14.9 Å². The van der Waals surface area contributed by atoms with Gasteiger partial charge in [-0.1, -0.05) is 11.6 Å². The molecule has 19 heavy (non-hydrogen) atoms. The highest BCUT2D eigenvalue weighted by Gasteiger charge is 2.27. The van der Waals surface area contributed by atoms with Crippen LogP contribution in [0.5, 0.6) is 0 Å². The lowest BCUT2D eigenvalue weighted by atomic mass is 10.2. The van der Waals surface area contributed by atoms with Crippen LogP contribution < -0.4 is 4.90 Å². The first-order chi connectivity index (χ1) is 9.13. The van der Waals surface area contributed by atoms with Crippen molar-refractivity contribution in [2.24, 2.45) is 5.92 Å². The molecule has 0 atom stereocenters. The van der Waals surface area contributed by atoms with E-state index in [1.165, 1.54) is 19.4 Å². The van der Waals surface area contributed by atoms with Gasteiger partial charge in [0.1, 0.15) is 16.8 Å². The fourth-order valence-electron chi connectivity index (χ4n) is 2.70. The molecule has 1 aliphatic heterocycles. The molecule has 3 rings (SSSR count). The van der Waals surface area contributed by atoms with Crippen molar-refractivity contribution in [1.29, 1.82) is 0 Å². The Balaban J connectivity index is 1.67. The Labute approximate surface area is 119 Å². The number of rotatable bonds is 3. The number of piperazine rings is 1. The van der Waals surface area contributed by atoms with Crippen LogP contribution in [-0.4, -0.2) is 47.6 Å². The number of anilines is 1. The lowest BCUT2D eigenvalue weighted by molar-refractivity contribution is 0.247. The van der Waals surface area contributed by atoms with Crippen LogP contribution in [0, 0.1) is 19.8 Å². The third-order valence-electron chi connectivity index (χ3n) is 4.06. The van der Waals surface area contributed by atoms with Crippen molar-refractivity contribution < 1.29 is 0 Å². The van der Waals surface area contributed by atoms with Gasteiger partial charge in [-0.15, -0.1) is 0 Å². The van der Waals surface area contributed by atoms with Gasteiger partial charge in [-0.05, 0) is 32.6 Å². The zero-order chi connectivity index (χ0) is 13.4. The Kier molecular flexibility index (Phi) is 3.63. The Morgan fingerprint density at radius 2 is 1.79 bits per heavy atom. The van der Waals surface area contributed by atoms with E-state index in [9.17, 15) is 0 Å². The molecule has 1 aromatic heterocycles. The minimum absolute atomic E-state index is 0.586. The van der Waals surface area contributed by atoms with E-state index in [0.29, 0.717) is 5.15 Å². The standard InChI is InChI=1S/C14H21ClN4/c1-10-13(15)16-11(2)17-14(10)19-7-5-18(6-8-19)9-12-3-4-12/h12H,3-9H2,1-2H3. The van der Waals surface area contributed by atoms with E-state index in [-0.39, 0.29) is 0 Å². The molecular weight excluding hydrogens is 260 g/mol. The summed E-state index contributed by atoms with van der Waals surface area (Å²) in [6, 6.07) is 0. The molecule has 104 valence electrons. The molecule has 1 aromatic rings. The van der Waals surface area contributed by atoms with E-state index in [0.717, 1.165) is 49.3 Å². The van der Waals surface area contributed by atoms with Gasteiger partial charge in [-0.2, -0.15) is 0 Å². The van der Waals surface area contributed by atoms with Crippen LogP contribution in [0.3, 0.4) is 0 Å². The van der Waals surface area contributed by atoms with Gasteiger partial charge in [0.2, 0.25) is 0 Å². The third kappa shape index (κ3) is 3.00. The van der Waals surface area contributed by atoms with Crippen molar-refractivity contribution in [2.45, 2.75) is 26.7 Å². The summed E-state index contributed by atoms with van der Waals surface area (Å²) in [6.45, 7) is 9.55. The van der Waals surface area contributed by atoms with Gasteiger partial charge in [-0.25, -0.2) is 9.97 Å².